The van der Waals surface area contributed by atoms with Gasteiger partial charge in [-0.15, -0.1) is 5.10 Å². The molecule has 1 aromatic rings. The van der Waals surface area contributed by atoms with Crippen LogP contribution in [0.25, 0.3) is 0 Å². The van der Waals surface area contributed by atoms with Crippen molar-refractivity contribution in [2.75, 3.05) is 13.9 Å². The zero-order chi connectivity index (χ0) is 6.53. The maximum Gasteiger partial charge on any atom is 0.216 e. The number of rotatable bonds is 3. The van der Waals surface area contributed by atoms with Crippen molar-refractivity contribution in [2.24, 2.45) is 0 Å². The zero-order valence-corrected chi connectivity index (χ0v) is 4.89. The molecule has 0 radical (unpaired) electrons. The normalized spacial score (nSPS) is 9.44. The third-order valence-corrected chi connectivity index (χ3v) is 0.633. The highest BCUT2D eigenvalue weighted by atomic mass is 16.8. The van der Waals surface area contributed by atoms with Crippen molar-refractivity contribution >= 4 is 0 Å². The first-order valence-corrected chi connectivity index (χ1v) is 2.28. The van der Waals surface area contributed by atoms with Gasteiger partial charge in [0.2, 0.25) is 6.79 Å². The molecule has 0 unspecified atom stereocenters. The zero-order valence-electron chi connectivity index (χ0n) is 4.89. The van der Waals surface area contributed by atoms with E-state index in [1.54, 1.807) is 0 Å². The molecule has 50 valence electrons. The molecular formula is C3H6N4O2. The van der Waals surface area contributed by atoms with Crippen LogP contribution in [0, 0.1) is 0 Å². The summed E-state index contributed by atoms with van der Waals surface area (Å²) in [5, 5.41) is 10.1. The molecule has 6 heteroatoms. The molecule has 0 aliphatic rings. The smallest absolute Gasteiger partial charge is 0.216 e. The number of ether oxygens (including phenoxy) is 1. The average Bonchev–Trinajstić information content (AvgIpc) is 2.34. The molecule has 1 heterocycles. The average molecular weight is 130 g/mol. The highest BCUT2D eigenvalue weighted by Crippen LogP contribution is 1.69. The van der Waals surface area contributed by atoms with E-state index in [1.807, 2.05) is 0 Å². The number of hydrogen-bond acceptors (Lipinski definition) is 5. The largest absolute Gasteiger partial charge is 0.365 e. The van der Waals surface area contributed by atoms with Gasteiger partial charge in [0.25, 0.3) is 0 Å². The summed E-state index contributed by atoms with van der Waals surface area (Å²) in [4.78, 5) is 5.87. The van der Waals surface area contributed by atoms with Gasteiger partial charge in [-0.3, -0.25) is 0 Å². The topological polar surface area (TPSA) is 62.1 Å². The Balaban J connectivity index is 2.30. The summed E-state index contributed by atoms with van der Waals surface area (Å²) < 4.78 is 4.58. The first-order chi connectivity index (χ1) is 4.43. The van der Waals surface area contributed by atoms with E-state index >= 15 is 0 Å². The standard InChI is InChI=1S/C3H6N4O2/c1-8-3-9-7-2-4-5-6-7/h2H,3H2,1H3. The Morgan fingerprint density at radius 3 is 3.11 bits per heavy atom. The molecule has 0 saturated carbocycles. The summed E-state index contributed by atoms with van der Waals surface area (Å²) in [5.74, 6) is 0. The van der Waals surface area contributed by atoms with Gasteiger partial charge < -0.3 is 9.57 Å². The third kappa shape index (κ3) is 1.65. The summed E-state index contributed by atoms with van der Waals surface area (Å²) in [6.45, 7) is 0.144. The second-order valence-electron chi connectivity index (χ2n) is 1.25. The van der Waals surface area contributed by atoms with Gasteiger partial charge in [0, 0.05) is 7.11 Å². The molecule has 9 heavy (non-hydrogen) atoms. The highest BCUT2D eigenvalue weighted by Gasteiger charge is 1.87. The van der Waals surface area contributed by atoms with Gasteiger partial charge in [0.05, 0.1) is 0 Å². The minimum atomic E-state index is 0.144. The number of aromatic nitrogens is 4. The number of tetrazole rings is 1. The van der Waals surface area contributed by atoms with Crippen LogP contribution in [0.5, 0.6) is 0 Å². The maximum absolute atomic E-state index is 4.75. The highest BCUT2D eigenvalue weighted by molar-refractivity contribution is 4.33. The Kier molecular flexibility index (Phi) is 1.97. The summed E-state index contributed by atoms with van der Waals surface area (Å²) in [5.41, 5.74) is 0. The van der Waals surface area contributed by atoms with E-state index < -0.39 is 0 Å². The predicted octanol–water partition coefficient (Wildman–Crippen LogP) is -1.29. The number of hydrogen-bond donors (Lipinski definition) is 0. The van der Waals surface area contributed by atoms with Crippen LogP contribution in [-0.2, 0) is 4.74 Å². The molecular weight excluding hydrogens is 124 g/mol. The van der Waals surface area contributed by atoms with Gasteiger partial charge in [-0.2, -0.15) is 0 Å². The number of nitrogens with zero attached hydrogens (tertiary/aromatic N) is 4. The predicted molar refractivity (Wildman–Crippen MR) is 26.3 cm³/mol. The lowest BCUT2D eigenvalue weighted by molar-refractivity contribution is -0.0532. The Hall–Kier alpha value is -1.17. The molecule has 0 bridgehead atoms. The van der Waals surface area contributed by atoms with Crippen molar-refractivity contribution in [2.45, 2.75) is 0 Å². The number of methoxy groups -OCH3 is 1. The van der Waals surface area contributed by atoms with Crippen LogP contribution in [0.2, 0.25) is 0 Å². The van der Waals surface area contributed by atoms with Gasteiger partial charge >= 0.3 is 0 Å². The first-order valence-electron chi connectivity index (χ1n) is 2.28. The summed E-state index contributed by atoms with van der Waals surface area (Å²) in [6, 6.07) is 0. The van der Waals surface area contributed by atoms with E-state index in [2.05, 4.69) is 20.3 Å². The maximum atomic E-state index is 4.75. The van der Waals surface area contributed by atoms with Crippen LogP contribution in [0.3, 0.4) is 0 Å². The van der Waals surface area contributed by atoms with Crippen molar-refractivity contribution < 1.29 is 9.57 Å². The summed E-state index contributed by atoms with van der Waals surface area (Å²) in [6.07, 6.45) is 1.33. The second kappa shape index (κ2) is 2.98. The quantitative estimate of drug-likeness (QED) is 0.476. The lowest BCUT2D eigenvalue weighted by Crippen LogP contribution is -2.14. The fourth-order valence-corrected chi connectivity index (χ4v) is 0.319. The van der Waals surface area contributed by atoms with Gasteiger partial charge in [0.15, 0.2) is 6.33 Å². The monoisotopic (exact) mass is 130 g/mol. The van der Waals surface area contributed by atoms with Crippen LogP contribution in [0.15, 0.2) is 6.33 Å². The van der Waals surface area contributed by atoms with E-state index in [1.165, 1.54) is 13.4 Å². The summed E-state index contributed by atoms with van der Waals surface area (Å²) >= 11 is 0. The van der Waals surface area contributed by atoms with E-state index in [0.29, 0.717) is 0 Å². The molecule has 0 fully saturated rings. The first kappa shape index (κ1) is 5.96. The molecule has 1 aromatic heterocycles. The Labute approximate surface area is 51.3 Å². The van der Waals surface area contributed by atoms with Crippen LogP contribution in [0.1, 0.15) is 0 Å². The van der Waals surface area contributed by atoms with Crippen LogP contribution in [0.4, 0.5) is 0 Å². The molecule has 0 aliphatic heterocycles. The lowest BCUT2D eigenvalue weighted by Gasteiger charge is -1.98. The van der Waals surface area contributed by atoms with Crippen molar-refractivity contribution in [1.82, 2.24) is 20.4 Å². The molecule has 0 saturated heterocycles. The van der Waals surface area contributed by atoms with Gasteiger partial charge in [-0.1, -0.05) is 4.85 Å². The van der Waals surface area contributed by atoms with Crippen LogP contribution < -0.4 is 4.84 Å². The second-order valence-corrected chi connectivity index (χ2v) is 1.25. The Morgan fingerprint density at radius 1 is 1.67 bits per heavy atom. The minimum Gasteiger partial charge on any atom is -0.365 e. The van der Waals surface area contributed by atoms with Gasteiger partial charge in [0.1, 0.15) is 0 Å². The molecule has 0 aliphatic carbocycles. The fourth-order valence-electron chi connectivity index (χ4n) is 0.319. The Bertz CT molecular complexity index is 151. The molecule has 0 aromatic carbocycles. The lowest BCUT2D eigenvalue weighted by atomic mass is 11.4. The SMILES string of the molecule is COCOn1cnnn1. The van der Waals surface area contributed by atoms with Gasteiger partial charge in [-0.05, 0) is 10.4 Å². The summed E-state index contributed by atoms with van der Waals surface area (Å²) in [7, 11) is 1.52. The fraction of sp³-hybridized carbons (Fsp3) is 0.667. The van der Waals surface area contributed by atoms with Gasteiger partial charge in [-0.25, -0.2) is 0 Å². The minimum absolute atomic E-state index is 0.144. The van der Waals surface area contributed by atoms with Crippen molar-refractivity contribution in [3.63, 3.8) is 0 Å². The van der Waals surface area contributed by atoms with E-state index in [0.717, 1.165) is 4.85 Å². The molecule has 0 atom stereocenters. The molecule has 0 amide bonds. The molecule has 1 rings (SSSR count). The van der Waals surface area contributed by atoms with E-state index in [-0.39, 0.29) is 6.79 Å². The molecule has 6 nitrogen and oxygen atoms in total. The molecule has 0 spiro atoms. The van der Waals surface area contributed by atoms with E-state index in [4.69, 9.17) is 4.84 Å². The third-order valence-electron chi connectivity index (χ3n) is 0.633. The van der Waals surface area contributed by atoms with E-state index in [9.17, 15) is 0 Å². The van der Waals surface area contributed by atoms with Crippen molar-refractivity contribution in [3.8, 4) is 0 Å². The Morgan fingerprint density at radius 2 is 2.56 bits per heavy atom. The van der Waals surface area contributed by atoms with Crippen LogP contribution >= 0.6 is 0 Å². The van der Waals surface area contributed by atoms with Crippen molar-refractivity contribution in [3.05, 3.63) is 6.33 Å². The van der Waals surface area contributed by atoms with Crippen LogP contribution in [-0.4, -0.2) is 34.3 Å². The molecule has 0 N–H and O–H groups in total. The van der Waals surface area contributed by atoms with Crippen molar-refractivity contribution in [1.29, 1.82) is 0 Å².